The van der Waals surface area contributed by atoms with Gasteiger partial charge in [-0.1, -0.05) is 41.4 Å². The fraction of sp³-hybridized carbons (Fsp3) is 0.346. The van der Waals surface area contributed by atoms with Crippen molar-refractivity contribution in [3.63, 3.8) is 0 Å². The Hall–Kier alpha value is -2.38. The van der Waals surface area contributed by atoms with E-state index in [1.807, 2.05) is 42.5 Å². The van der Waals surface area contributed by atoms with Gasteiger partial charge in [0.25, 0.3) is 0 Å². The average molecular weight is 536 g/mol. The normalized spacial score (nSPS) is 15.5. The number of nitrogens with one attached hydrogen (secondary N) is 1. The molecule has 1 amide bonds. The Morgan fingerprint density at radius 1 is 1.09 bits per heavy atom. The van der Waals surface area contributed by atoms with Crippen LogP contribution in [0.15, 0.2) is 54.9 Å². The van der Waals surface area contributed by atoms with E-state index in [2.05, 4.69) is 20.2 Å². The molecule has 6 nitrogen and oxygen atoms in total. The fourth-order valence-corrected chi connectivity index (χ4v) is 4.43. The second-order valence-corrected chi connectivity index (χ2v) is 9.37. The summed E-state index contributed by atoms with van der Waals surface area (Å²) in [6, 6.07) is 13.5. The molecule has 9 heteroatoms. The number of aryl methyl sites for hydroxylation is 1. The van der Waals surface area contributed by atoms with Gasteiger partial charge < -0.3 is 10.1 Å². The topological polar surface area (TPSA) is 67.3 Å². The van der Waals surface area contributed by atoms with E-state index < -0.39 is 0 Å². The number of benzene rings is 2. The Labute approximate surface area is 222 Å². The predicted octanol–water partition coefficient (Wildman–Crippen LogP) is 5.45. The van der Waals surface area contributed by atoms with Crippen LogP contribution in [-0.2, 0) is 17.8 Å². The molecule has 0 bridgehead atoms. The summed E-state index contributed by atoms with van der Waals surface area (Å²) in [7, 11) is 1.64. The molecule has 186 valence electrons. The van der Waals surface area contributed by atoms with E-state index >= 15 is 0 Å². The second-order valence-electron chi connectivity index (χ2n) is 8.56. The number of amides is 1. The second kappa shape index (κ2) is 13.1. The third-order valence-electron chi connectivity index (χ3n) is 6.05. The fourth-order valence-electron chi connectivity index (χ4n) is 4.11. The molecule has 0 radical (unpaired) electrons. The van der Waals surface area contributed by atoms with Crippen LogP contribution in [0.3, 0.4) is 0 Å². The van der Waals surface area contributed by atoms with Gasteiger partial charge in [0.2, 0.25) is 5.91 Å². The van der Waals surface area contributed by atoms with E-state index in [1.165, 1.54) is 0 Å². The predicted molar refractivity (Wildman–Crippen MR) is 142 cm³/mol. The number of ether oxygens (including phenoxy) is 1. The van der Waals surface area contributed by atoms with Crippen LogP contribution in [0.25, 0.3) is 11.1 Å². The molecule has 0 aliphatic carbocycles. The lowest BCUT2D eigenvalue weighted by Crippen LogP contribution is -2.31. The summed E-state index contributed by atoms with van der Waals surface area (Å²) in [6.07, 6.45) is 5.55. The molecule has 2 heterocycles. The summed E-state index contributed by atoms with van der Waals surface area (Å²) in [5.41, 5.74) is 3.11. The first-order valence-corrected chi connectivity index (χ1v) is 12.1. The SMILES string of the molecule is COc1ccc(-c2cnc(CCC(=O)NCC3CCN(Cc4ccc(Cl)c(Cl)c4)C3)nc2)cc1.Cl. The van der Waals surface area contributed by atoms with Crippen molar-refractivity contribution in [1.29, 1.82) is 0 Å². The quantitative estimate of drug-likeness (QED) is 0.395. The molecule has 1 aliphatic heterocycles. The van der Waals surface area contributed by atoms with Crippen LogP contribution in [-0.4, -0.2) is 47.5 Å². The van der Waals surface area contributed by atoms with Crippen LogP contribution in [0.4, 0.5) is 0 Å². The highest BCUT2D eigenvalue weighted by molar-refractivity contribution is 6.42. The highest BCUT2D eigenvalue weighted by Crippen LogP contribution is 2.25. The first-order valence-electron chi connectivity index (χ1n) is 11.4. The lowest BCUT2D eigenvalue weighted by Gasteiger charge is -2.17. The summed E-state index contributed by atoms with van der Waals surface area (Å²) in [4.78, 5) is 23.6. The molecule has 2 aromatic carbocycles. The molecule has 0 spiro atoms. The van der Waals surface area contributed by atoms with Gasteiger partial charge in [-0.15, -0.1) is 12.4 Å². The molecule has 1 fully saturated rings. The van der Waals surface area contributed by atoms with Crippen LogP contribution < -0.4 is 10.1 Å². The minimum atomic E-state index is 0. The van der Waals surface area contributed by atoms with Gasteiger partial charge in [0, 0.05) is 50.4 Å². The molecule has 4 rings (SSSR count). The molecular formula is C26H29Cl3N4O2. The Kier molecular flexibility index (Phi) is 10.2. The van der Waals surface area contributed by atoms with Crippen LogP contribution in [0, 0.1) is 5.92 Å². The molecular weight excluding hydrogens is 507 g/mol. The van der Waals surface area contributed by atoms with E-state index in [0.29, 0.717) is 41.2 Å². The van der Waals surface area contributed by atoms with Crippen LogP contribution in [0.5, 0.6) is 5.75 Å². The maximum absolute atomic E-state index is 12.3. The first-order chi connectivity index (χ1) is 16.5. The lowest BCUT2D eigenvalue weighted by atomic mass is 10.1. The van der Waals surface area contributed by atoms with Crippen molar-refractivity contribution in [2.24, 2.45) is 5.92 Å². The number of carbonyl (C=O) groups excluding carboxylic acids is 1. The minimum absolute atomic E-state index is 0. The van der Waals surface area contributed by atoms with Crippen molar-refractivity contribution >= 4 is 41.5 Å². The van der Waals surface area contributed by atoms with E-state index in [9.17, 15) is 4.79 Å². The zero-order valence-electron chi connectivity index (χ0n) is 19.5. The van der Waals surface area contributed by atoms with Crippen molar-refractivity contribution in [3.8, 4) is 16.9 Å². The summed E-state index contributed by atoms with van der Waals surface area (Å²) in [5.74, 6) is 1.96. The molecule has 0 saturated carbocycles. The smallest absolute Gasteiger partial charge is 0.220 e. The lowest BCUT2D eigenvalue weighted by molar-refractivity contribution is -0.121. The van der Waals surface area contributed by atoms with Crippen molar-refractivity contribution in [3.05, 3.63) is 76.3 Å². The van der Waals surface area contributed by atoms with Crippen LogP contribution in [0.1, 0.15) is 24.2 Å². The van der Waals surface area contributed by atoms with Crippen molar-refractivity contribution in [2.45, 2.75) is 25.8 Å². The van der Waals surface area contributed by atoms with E-state index in [0.717, 1.165) is 48.5 Å². The zero-order chi connectivity index (χ0) is 23.9. The monoisotopic (exact) mass is 534 g/mol. The Balaban J connectivity index is 0.00000342. The summed E-state index contributed by atoms with van der Waals surface area (Å²) in [5, 5.41) is 4.23. The maximum atomic E-state index is 12.3. The van der Waals surface area contributed by atoms with Gasteiger partial charge in [-0.25, -0.2) is 9.97 Å². The summed E-state index contributed by atoms with van der Waals surface area (Å²) >= 11 is 12.1. The van der Waals surface area contributed by atoms with Crippen molar-refractivity contribution in [1.82, 2.24) is 20.2 Å². The standard InChI is InChI=1S/C26H28Cl2N4O2.ClH/c1-34-22-5-3-20(4-6-22)21-14-29-25(30-15-21)8-9-26(33)31-13-19-10-11-32(17-19)16-18-2-7-23(27)24(28)12-18;/h2-7,12,14-15,19H,8-11,13,16-17H2,1H3,(H,31,33);1H. The number of nitrogens with zero attached hydrogens (tertiary/aromatic N) is 3. The van der Waals surface area contributed by atoms with Crippen molar-refractivity contribution in [2.75, 3.05) is 26.7 Å². The Morgan fingerprint density at radius 2 is 1.83 bits per heavy atom. The highest BCUT2D eigenvalue weighted by atomic mass is 35.5. The molecule has 1 aliphatic rings. The number of hydrogen-bond acceptors (Lipinski definition) is 5. The van der Waals surface area contributed by atoms with E-state index in [4.69, 9.17) is 27.9 Å². The average Bonchev–Trinajstić information content (AvgIpc) is 3.31. The molecule has 1 N–H and O–H groups in total. The molecule has 3 aromatic rings. The minimum Gasteiger partial charge on any atom is -0.497 e. The van der Waals surface area contributed by atoms with Crippen LogP contribution >= 0.6 is 35.6 Å². The number of hydrogen-bond donors (Lipinski definition) is 1. The number of carbonyl (C=O) groups is 1. The van der Waals surface area contributed by atoms with Gasteiger partial charge in [-0.05, 0) is 54.3 Å². The Morgan fingerprint density at radius 3 is 2.51 bits per heavy atom. The van der Waals surface area contributed by atoms with Gasteiger partial charge in [-0.2, -0.15) is 0 Å². The number of aromatic nitrogens is 2. The van der Waals surface area contributed by atoms with Gasteiger partial charge >= 0.3 is 0 Å². The van der Waals surface area contributed by atoms with Crippen LogP contribution in [0.2, 0.25) is 10.0 Å². The maximum Gasteiger partial charge on any atom is 0.220 e. The number of methoxy groups -OCH3 is 1. The molecule has 1 unspecified atom stereocenters. The van der Waals surface area contributed by atoms with Gasteiger partial charge in [0.05, 0.1) is 17.2 Å². The number of rotatable bonds is 9. The molecule has 1 saturated heterocycles. The van der Waals surface area contributed by atoms with E-state index in [1.54, 1.807) is 19.5 Å². The van der Waals surface area contributed by atoms with Crippen molar-refractivity contribution < 1.29 is 9.53 Å². The van der Waals surface area contributed by atoms with Gasteiger partial charge in [0.1, 0.15) is 11.6 Å². The molecule has 1 atom stereocenters. The summed E-state index contributed by atoms with van der Waals surface area (Å²) in [6.45, 7) is 3.49. The third-order valence-corrected chi connectivity index (χ3v) is 6.79. The summed E-state index contributed by atoms with van der Waals surface area (Å²) < 4.78 is 5.19. The highest BCUT2D eigenvalue weighted by Gasteiger charge is 2.23. The molecule has 1 aromatic heterocycles. The number of likely N-dealkylation sites (tertiary alicyclic amines) is 1. The third kappa shape index (κ3) is 7.80. The number of halogens is 3. The Bertz CT molecular complexity index is 1110. The molecule has 35 heavy (non-hydrogen) atoms. The largest absolute Gasteiger partial charge is 0.497 e. The van der Waals surface area contributed by atoms with E-state index in [-0.39, 0.29) is 18.3 Å². The van der Waals surface area contributed by atoms with Gasteiger partial charge in [0.15, 0.2) is 0 Å². The zero-order valence-corrected chi connectivity index (χ0v) is 21.9. The first kappa shape index (κ1) is 27.2. The van der Waals surface area contributed by atoms with Gasteiger partial charge in [-0.3, -0.25) is 9.69 Å².